The highest BCUT2D eigenvalue weighted by atomic mass is 14.2. The van der Waals surface area contributed by atoms with E-state index in [0.717, 1.165) is 0 Å². The molecular formula is C50H30. The molecule has 11 rings (SSSR count). The molecular weight excluding hydrogens is 601 g/mol. The van der Waals surface area contributed by atoms with Crippen molar-refractivity contribution in [2.24, 2.45) is 0 Å². The summed E-state index contributed by atoms with van der Waals surface area (Å²) in [5.74, 6) is 0. The first kappa shape index (κ1) is 27.5. The van der Waals surface area contributed by atoms with Gasteiger partial charge in [-0.3, -0.25) is 0 Å². The highest BCUT2D eigenvalue weighted by molar-refractivity contribution is 6.26. The van der Waals surface area contributed by atoms with Gasteiger partial charge in [0, 0.05) is 0 Å². The van der Waals surface area contributed by atoms with Gasteiger partial charge in [0.2, 0.25) is 0 Å². The fourth-order valence-corrected chi connectivity index (χ4v) is 8.65. The van der Waals surface area contributed by atoms with E-state index in [2.05, 4.69) is 182 Å². The maximum atomic E-state index is 2.40. The average molecular weight is 631 g/mol. The van der Waals surface area contributed by atoms with Crippen molar-refractivity contribution in [1.29, 1.82) is 0 Å². The van der Waals surface area contributed by atoms with Crippen LogP contribution in [-0.4, -0.2) is 0 Å². The summed E-state index contributed by atoms with van der Waals surface area (Å²) in [5.41, 5.74) is 9.90. The molecule has 0 spiro atoms. The minimum absolute atomic E-state index is 1.22. The lowest BCUT2D eigenvalue weighted by Crippen LogP contribution is -1.91. The van der Waals surface area contributed by atoms with Crippen LogP contribution in [0.15, 0.2) is 182 Å². The molecule has 0 heteroatoms. The van der Waals surface area contributed by atoms with Crippen molar-refractivity contribution >= 4 is 64.6 Å². The lowest BCUT2D eigenvalue weighted by atomic mass is 9.86. The predicted molar refractivity (Wildman–Crippen MR) is 216 cm³/mol. The van der Waals surface area contributed by atoms with Gasteiger partial charge in [-0.25, -0.2) is 0 Å². The van der Waals surface area contributed by atoms with Gasteiger partial charge in [-0.15, -0.1) is 0 Å². The second kappa shape index (κ2) is 10.5. The summed E-state index contributed by atoms with van der Waals surface area (Å²) in [7, 11) is 0. The predicted octanol–water partition coefficient (Wildman–Crippen LogP) is 14.1. The Bertz CT molecular complexity index is 3040. The Kier molecular flexibility index (Phi) is 5.76. The molecule has 0 unspecified atom stereocenters. The first-order valence-corrected chi connectivity index (χ1v) is 17.4. The topological polar surface area (TPSA) is 0 Å². The molecule has 0 saturated heterocycles. The summed E-state index contributed by atoms with van der Waals surface area (Å²) < 4.78 is 0. The minimum Gasteiger partial charge on any atom is -0.0622 e. The summed E-state index contributed by atoms with van der Waals surface area (Å²) in [6.07, 6.45) is 0. The van der Waals surface area contributed by atoms with Gasteiger partial charge in [0.1, 0.15) is 0 Å². The maximum Gasteiger partial charge on any atom is -0.00206 e. The third-order valence-electron chi connectivity index (χ3n) is 11.0. The summed E-state index contributed by atoms with van der Waals surface area (Å²) >= 11 is 0. The lowest BCUT2D eigenvalue weighted by molar-refractivity contribution is 1.57. The smallest absolute Gasteiger partial charge is 0.00206 e. The molecule has 0 amide bonds. The molecule has 50 heavy (non-hydrogen) atoms. The fourth-order valence-electron chi connectivity index (χ4n) is 8.65. The zero-order chi connectivity index (χ0) is 32.8. The molecule has 0 aromatic heterocycles. The molecule has 230 valence electrons. The Morgan fingerprint density at radius 3 is 1.16 bits per heavy atom. The monoisotopic (exact) mass is 630 g/mol. The zero-order valence-electron chi connectivity index (χ0n) is 27.3. The second-order valence-electron chi connectivity index (χ2n) is 13.6. The van der Waals surface area contributed by atoms with E-state index in [1.54, 1.807) is 0 Å². The summed E-state index contributed by atoms with van der Waals surface area (Å²) in [4.78, 5) is 0. The SMILES string of the molecule is c1ccc(-c2cc(-c3ccc4ccc5cccc6ccc3c4c56)ccc2-c2cccc(-c3ccc4ccc5cccc6ccc3c4c56)c2)cc1. The summed E-state index contributed by atoms with van der Waals surface area (Å²) in [6, 6.07) is 67.7. The molecule has 0 heterocycles. The molecule has 11 aromatic carbocycles. The summed E-state index contributed by atoms with van der Waals surface area (Å²) in [6.45, 7) is 0. The van der Waals surface area contributed by atoms with Crippen LogP contribution in [0, 0.1) is 0 Å². The van der Waals surface area contributed by atoms with Crippen LogP contribution in [0.1, 0.15) is 0 Å². The van der Waals surface area contributed by atoms with Crippen molar-refractivity contribution in [3.8, 4) is 44.5 Å². The second-order valence-corrected chi connectivity index (χ2v) is 13.6. The zero-order valence-corrected chi connectivity index (χ0v) is 27.3. The van der Waals surface area contributed by atoms with Crippen LogP contribution in [0.2, 0.25) is 0 Å². The maximum absolute atomic E-state index is 2.40. The van der Waals surface area contributed by atoms with Crippen LogP contribution in [0.25, 0.3) is 109 Å². The van der Waals surface area contributed by atoms with Crippen LogP contribution in [0.3, 0.4) is 0 Å². The number of hydrogen-bond donors (Lipinski definition) is 0. The van der Waals surface area contributed by atoms with Crippen LogP contribution >= 0.6 is 0 Å². The van der Waals surface area contributed by atoms with Gasteiger partial charge in [0.05, 0.1) is 0 Å². The Hall–Kier alpha value is -6.50. The molecule has 0 nitrogen and oxygen atoms in total. The quantitative estimate of drug-likeness (QED) is 0.170. The van der Waals surface area contributed by atoms with Crippen LogP contribution in [0.4, 0.5) is 0 Å². The Morgan fingerprint density at radius 1 is 0.200 bits per heavy atom. The normalized spacial score (nSPS) is 12.0. The van der Waals surface area contributed by atoms with Crippen LogP contribution in [0.5, 0.6) is 0 Å². The van der Waals surface area contributed by atoms with Crippen LogP contribution < -0.4 is 0 Å². The Labute approximate surface area is 290 Å². The molecule has 11 aromatic rings. The summed E-state index contributed by atoms with van der Waals surface area (Å²) in [5, 5.41) is 15.8. The first-order valence-electron chi connectivity index (χ1n) is 17.4. The molecule has 0 aliphatic heterocycles. The largest absolute Gasteiger partial charge is 0.0622 e. The van der Waals surface area contributed by atoms with E-state index in [9.17, 15) is 0 Å². The lowest BCUT2D eigenvalue weighted by Gasteiger charge is -2.17. The molecule has 0 radical (unpaired) electrons. The number of hydrogen-bond acceptors (Lipinski definition) is 0. The first-order chi connectivity index (χ1) is 24.8. The van der Waals surface area contributed by atoms with Crippen molar-refractivity contribution in [2.75, 3.05) is 0 Å². The third-order valence-corrected chi connectivity index (χ3v) is 11.0. The van der Waals surface area contributed by atoms with Crippen LogP contribution in [-0.2, 0) is 0 Å². The molecule has 0 fully saturated rings. The highest BCUT2D eigenvalue weighted by Crippen LogP contribution is 2.44. The fraction of sp³-hybridized carbons (Fsp3) is 0. The van der Waals surface area contributed by atoms with E-state index in [-0.39, 0.29) is 0 Å². The van der Waals surface area contributed by atoms with Gasteiger partial charge in [0.25, 0.3) is 0 Å². The van der Waals surface area contributed by atoms with E-state index in [0.29, 0.717) is 0 Å². The van der Waals surface area contributed by atoms with Gasteiger partial charge >= 0.3 is 0 Å². The van der Waals surface area contributed by atoms with E-state index in [1.807, 2.05) is 0 Å². The Balaban J connectivity index is 1.10. The molecule has 0 aliphatic rings. The molecule has 0 aliphatic carbocycles. The van der Waals surface area contributed by atoms with Gasteiger partial charge in [-0.2, -0.15) is 0 Å². The van der Waals surface area contributed by atoms with E-state index >= 15 is 0 Å². The van der Waals surface area contributed by atoms with Crippen molar-refractivity contribution in [2.45, 2.75) is 0 Å². The minimum atomic E-state index is 1.22. The Morgan fingerprint density at radius 2 is 0.600 bits per heavy atom. The third kappa shape index (κ3) is 4.00. The molecule has 0 N–H and O–H groups in total. The van der Waals surface area contributed by atoms with E-state index < -0.39 is 0 Å². The van der Waals surface area contributed by atoms with Gasteiger partial charge in [-0.1, -0.05) is 170 Å². The van der Waals surface area contributed by atoms with Crippen molar-refractivity contribution < 1.29 is 0 Å². The van der Waals surface area contributed by atoms with Crippen molar-refractivity contribution in [3.63, 3.8) is 0 Å². The number of benzene rings is 11. The number of rotatable bonds is 4. The van der Waals surface area contributed by atoms with E-state index in [1.165, 1.54) is 109 Å². The average Bonchev–Trinajstić information content (AvgIpc) is 3.19. The standard InChI is InChI=1S/C50H30/c1-2-7-31(8-3-1)46-30-40(42-25-20-37-18-16-33-10-5-12-35-22-28-45(42)50(37)48(33)35)23-26-43(46)39-14-6-13-38(29-39)41-24-19-36-17-15-32-9-4-11-34-21-27-44(41)49(36)47(32)34/h1-30H. The highest BCUT2D eigenvalue weighted by Gasteiger charge is 2.17. The van der Waals surface area contributed by atoms with Gasteiger partial charge < -0.3 is 0 Å². The van der Waals surface area contributed by atoms with E-state index in [4.69, 9.17) is 0 Å². The van der Waals surface area contributed by atoms with Crippen molar-refractivity contribution in [1.82, 2.24) is 0 Å². The van der Waals surface area contributed by atoms with Crippen molar-refractivity contribution in [3.05, 3.63) is 182 Å². The molecule has 0 atom stereocenters. The molecule has 0 saturated carbocycles. The molecule has 0 bridgehead atoms. The van der Waals surface area contributed by atoms with Gasteiger partial charge in [0.15, 0.2) is 0 Å². The van der Waals surface area contributed by atoms with Gasteiger partial charge in [-0.05, 0) is 121 Å².